The summed E-state index contributed by atoms with van der Waals surface area (Å²) < 4.78 is 5.53. The van der Waals surface area contributed by atoms with Gasteiger partial charge in [-0.2, -0.15) is 0 Å². The standard InChI is InChI=1S/C18H21NO/c1-2-4-15(5-3-1)8-11-19-12-9-16-6-7-18-17(14-16)10-13-20-18/h1-7,14,19H,8-13H2. The minimum Gasteiger partial charge on any atom is -0.493 e. The first-order valence-electron chi connectivity index (χ1n) is 7.41. The fraction of sp³-hybridized carbons (Fsp3) is 0.333. The maximum atomic E-state index is 5.53. The Hall–Kier alpha value is -1.80. The van der Waals surface area contributed by atoms with Gasteiger partial charge in [-0.1, -0.05) is 42.5 Å². The van der Waals surface area contributed by atoms with Crippen molar-refractivity contribution < 1.29 is 4.74 Å². The summed E-state index contributed by atoms with van der Waals surface area (Å²) >= 11 is 0. The Morgan fingerprint density at radius 2 is 1.70 bits per heavy atom. The molecule has 2 nitrogen and oxygen atoms in total. The predicted octanol–water partition coefficient (Wildman–Crippen LogP) is 3.00. The number of hydrogen-bond acceptors (Lipinski definition) is 2. The molecule has 1 aliphatic rings. The molecule has 20 heavy (non-hydrogen) atoms. The van der Waals surface area contributed by atoms with Crippen molar-refractivity contribution in [2.75, 3.05) is 19.7 Å². The summed E-state index contributed by atoms with van der Waals surface area (Å²) in [7, 11) is 0. The highest BCUT2D eigenvalue weighted by Crippen LogP contribution is 2.25. The van der Waals surface area contributed by atoms with Crippen LogP contribution in [0.1, 0.15) is 16.7 Å². The van der Waals surface area contributed by atoms with Crippen molar-refractivity contribution in [2.24, 2.45) is 0 Å². The number of benzene rings is 2. The molecule has 1 N–H and O–H groups in total. The normalized spacial score (nSPS) is 13.0. The van der Waals surface area contributed by atoms with Crippen LogP contribution in [0.5, 0.6) is 5.75 Å². The minimum absolute atomic E-state index is 0.841. The Labute approximate surface area is 120 Å². The lowest BCUT2D eigenvalue weighted by Gasteiger charge is -2.06. The van der Waals surface area contributed by atoms with Crippen molar-refractivity contribution in [3.8, 4) is 5.75 Å². The number of nitrogens with one attached hydrogen (secondary N) is 1. The van der Waals surface area contributed by atoms with Crippen molar-refractivity contribution in [1.29, 1.82) is 0 Å². The molecule has 3 rings (SSSR count). The van der Waals surface area contributed by atoms with E-state index in [1.54, 1.807) is 0 Å². The zero-order chi connectivity index (χ0) is 13.6. The molecule has 1 aliphatic heterocycles. The predicted molar refractivity (Wildman–Crippen MR) is 82.4 cm³/mol. The smallest absolute Gasteiger partial charge is 0.122 e. The van der Waals surface area contributed by atoms with E-state index in [1.165, 1.54) is 16.7 Å². The van der Waals surface area contributed by atoms with Crippen LogP contribution >= 0.6 is 0 Å². The number of rotatable bonds is 6. The Morgan fingerprint density at radius 1 is 0.900 bits per heavy atom. The Bertz CT molecular complexity index is 551. The third kappa shape index (κ3) is 3.40. The summed E-state index contributed by atoms with van der Waals surface area (Å²) in [5, 5.41) is 3.52. The maximum absolute atomic E-state index is 5.53. The van der Waals surface area contributed by atoms with Gasteiger partial charge in [-0.05, 0) is 48.7 Å². The van der Waals surface area contributed by atoms with E-state index in [2.05, 4.69) is 53.8 Å². The van der Waals surface area contributed by atoms with Gasteiger partial charge in [0, 0.05) is 6.42 Å². The highest BCUT2D eigenvalue weighted by atomic mass is 16.5. The quantitative estimate of drug-likeness (QED) is 0.812. The first-order valence-corrected chi connectivity index (χ1v) is 7.41. The first-order chi connectivity index (χ1) is 9.92. The van der Waals surface area contributed by atoms with Gasteiger partial charge in [0.15, 0.2) is 0 Å². The van der Waals surface area contributed by atoms with Crippen LogP contribution in [0.3, 0.4) is 0 Å². The summed E-state index contributed by atoms with van der Waals surface area (Å²) in [5.74, 6) is 1.07. The number of ether oxygens (including phenoxy) is 1. The molecule has 0 saturated heterocycles. The van der Waals surface area contributed by atoms with Gasteiger partial charge in [0.25, 0.3) is 0 Å². The lowest BCUT2D eigenvalue weighted by Crippen LogP contribution is -2.20. The Balaban J connectivity index is 1.40. The van der Waals surface area contributed by atoms with Crippen molar-refractivity contribution in [3.05, 3.63) is 65.2 Å². The van der Waals surface area contributed by atoms with Gasteiger partial charge >= 0.3 is 0 Å². The molecule has 0 radical (unpaired) electrons. The summed E-state index contributed by atoms with van der Waals surface area (Å²) in [5.41, 5.74) is 4.17. The zero-order valence-corrected chi connectivity index (χ0v) is 11.8. The van der Waals surface area contributed by atoms with Crippen LogP contribution in [0, 0.1) is 0 Å². The third-order valence-corrected chi connectivity index (χ3v) is 3.78. The van der Waals surface area contributed by atoms with E-state index in [0.717, 1.165) is 44.7 Å². The van der Waals surface area contributed by atoms with Crippen molar-refractivity contribution in [2.45, 2.75) is 19.3 Å². The van der Waals surface area contributed by atoms with Crippen molar-refractivity contribution >= 4 is 0 Å². The molecule has 0 spiro atoms. The van der Waals surface area contributed by atoms with Crippen LogP contribution < -0.4 is 10.1 Å². The largest absolute Gasteiger partial charge is 0.493 e. The van der Waals surface area contributed by atoms with Gasteiger partial charge in [0.05, 0.1) is 6.61 Å². The lowest BCUT2D eigenvalue weighted by molar-refractivity contribution is 0.357. The lowest BCUT2D eigenvalue weighted by atomic mass is 10.1. The van der Waals surface area contributed by atoms with E-state index in [0.29, 0.717) is 0 Å². The summed E-state index contributed by atoms with van der Waals surface area (Å²) in [6.07, 6.45) is 3.24. The van der Waals surface area contributed by atoms with E-state index in [-0.39, 0.29) is 0 Å². The monoisotopic (exact) mass is 267 g/mol. The average Bonchev–Trinajstić information content (AvgIpc) is 2.95. The minimum atomic E-state index is 0.841. The molecule has 0 saturated carbocycles. The van der Waals surface area contributed by atoms with Gasteiger partial charge in [-0.15, -0.1) is 0 Å². The average molecular weight is 267 g/mol. The molecule has 1 heterocycles. The van der Waals surface area contributed by atoms with Crippen LogP contribution in [-0.2, 0) is 19.3 Å². The van der Waals surface area contributed by atoms with E-state index in [1.807, 2.05) is 0 Å². The molecule has 0 amide bonds. The molecule has 0 atom stereocenters. The van der Waals surface area contributed by atoms with Crippen LogP contribution in [0.15, 0.2) is 48.5 Å². The highest BCUT2D eigenvalue weighted by molar-refractivity contribution is 5.39. The molecular weight excluding hydrogens is 246 g/mol. The molecule has 2 aromatic rings. The summed E-state index contributed by atoms with van der Waals surface area (Å²) in [6.45, 7) is 2.92. The first kappa shape index (κ1) is 13.2. The molecule has 2 heteroatoms. The topological polar surface area (TPSA) is 21.3 Å². The zero-order valence-electron chi connectivity index (χ0n) is 11.8. The molecule has 0 fully saturated rings. The van der Waals surface area contributed by atoms with Crippen molar-refractivity contribution in [1.82, 2.24) is 5.32 Å². The Kier molecular flexibility index (Phi) is 4.34. The molecule has 2 aromatic carbocycles. The van der Waals surface area contributed by atoms with Crippen LogP contribution in [0.25, 0.3) is 0 Å². The fourth-order valence-electron chi connectivity index (χ4n) is 2.63. The van der Waals surface area contributed by atoms with Crippen molar-refractivity contribution in [3.63, 3.8) is 0 Å². The van der Waals surface area contributed by atoms with E-state index in [4.69, 9.17) is 4.74 Å². The second-order valence-electron chi connectivity index (χ2n) is 5.28. The molecule has 104 valence electrons. The van der Waals surface area contributed by atoms with Crippen LogP contribution in [-0.4, -0.2) is 19.7 Å². The number of fused-ring (bicyclic) bond motifs is 1. The Morgan fingerprint density at radius 3 is 2.55 bits per heavy atom. The third-order valence-electron chi connectivity index (χ3n) is 3.78. The van der Waals surface area contributed by atoms with Gasteiger partial charge in [-0.25, -0.2) is 0 Å². The van der Waals surface area contributed by atoms with Gasteiger partial charge in [0.2, 0.25) is 0 Å². The van der Waals surface area contributed by atoms with E-state index in [9.17, 15) is 0 Å². The van der Waals surface area contributed by atoms with Gasteiger partial charge in [-0.3, -0.25) is 0 Å². The molecule has 0 aromatic heterocycles. The second-order valence-corrected chi connectivity index (χ2v) is 5.28. The molecule has 0 unspecified atom stereocenters. The van der Waals surface area contributed by atoms with Gasteiger partial charge < -0.3 is 10.1 Å². The summed E-state index contributed by atoms with van der Waals surface area (Å²) in [6, 6.07) is 17.2. The molecular formula is C18H21NO. The molecule has 0 bridgehead atoms. The number of hydrogen-bond donors (Lipinski definition) is 1. The van der Waals surface area contributed by atoms with Crippen LogP contribution in [0.2, 0.25) is 0 Å². The second kappa shape index (κ2) is 6.58. The van der Waals surface area contributed by atoms with Gasteiger partial charge in [0.1, 0.15) is 5.75 Å². The van der Waals surface area contributed by atoms with Crippen LogP contribution in [0.4, 0.5) is 0 Å². The van der Waals surface area contributed by atoms with E-state index >= 15 is 0 Å². The summed E-state index contributed by atoms with van der Waals surface area (Å²) in [4.78, 5) is 0. The molecule has 0 aliphatic carbocycles. The highest BCUT2D eigenvalue weighted by Gasteiger charge is 2.11. The SMILES string of the molecule is c1ccc(CCNCCc2ccc3c(c2)CCO3)cc1. The fourth-order valence-corrected chi connectivity index (χ4v) is 2.63. The van der Waals surface area contributed by atoms with E-state index < -0.39 is 0 Å². The maximum Gasteiger partial charge on any atom is 0.122 e.